The summed E-state index contributed by atoms with van der Waals surface area (Å²) >= 11 is 0. The van der Waals surface area contributed by atoms with Gasteiger partial charge < -0.3 is 4.74 Å². The molecule has 4 saturated carbocycles. The average molecular weight is 471 g/mol. The minimum Gasteiger partial charge on any atom is -0.462 e. The molecular weight excluding hydrogens is 416 g/mol. The third kappa shape index (κ3) is 3.92. The van der Waals surface area contributed by atoms with Crippen molar-refractivity contribution >= 4 is 5.97 Å². The van der Waals surface area contributed by atoms with E-state index in [0.29, 0.717) is 22.2 Å². The molecule has 0 heterocycles. The molecule has 0 saturated heterocycles. The molecule has 194 valence electrons. The van der Waals surface area contributed by atoms with Crippen molar-refractivity contribution in [3.63, 3.8) is 0 Å². The van der Waals surface area contributed by atoms with E-state index in [-0.39, 0.29) is 17.5 Å². The fraction of sp³-hybridized carbons (Fsp3) is 0.906. The summed E-state index contributed by atoms with van der Waals surface area (Å²) in [6.07, 6.45) is 15.8. The Morgan fingerprint density at radius 3 is 2.21 bits per heavy atom. The molecule has 4 aliphatic rings. The Morgan fingerprint density at radius 1 is 0.882 bits per heavy atom. The molecule has 0 N–H and O–H groups in total. The fourth-order valence-electron chi connectivity index (χ4n) is 10.7. The minimum atomic E-state index is -0.105. The number of carbonyl (C=O) groups excluding carboxylic acids is 1. The van der Waals surface area contributed by atoms with Crippen LogP contribution in [-0.2, 0) is 9.53 Å². The normalized spacial score (nSPS) is 46.0. The highest BCUT2D eigenvalue weighted by atomic mass is 16.5. The van der Waals surface area contributed by atoms with E-state index in [1.165, 1.54) is 63.4 Å². The molecule has 0 spiro atoms. The number of rotatable bonds is 5. The molecule has 0 radical (unpaired) electrons. The molecule has 0 amide bonds. The first-order valence-electron chi connectivity index (χ1n) is 14.6. The van der Waals surface area contributed by atoms with Crippen molar-refractivity contribution in [3.05, 3.63) is 11.6 Å². The van der Waals surface area contributed by atoms with E-state index >= 15 is 0 Å². The van der Waals surface area contributed by atoms with Crippen LogP contribution in [0.25, 0.3) is 0 Å². The van der Waals surface area contributed by atoms with Gasteiger partial charge in [0, 0.05) is 12.3 Å². The van der Waals surface area contributed by atoms with Crippen LogP contribution in [0.5, 0.6) is 0 Å². The van der Waals surface area contributed by atoms with Gasteiger partial charge in [-0.05, 0) is 124 Å². The summed E-state index contributed by atoms with van der Waals surface area (Å²) in [6.45, 7) is 21.5. The lowest BCUT2D eigenvalue weighted by Gasteiger charge is -2.67. The van der Waals surface area contributed by atoms with Gasteiger partial charge in [-0.3, -0.25) is 4.79 Å². The highest BCUT2D eigenvalue weighted by Crippen LogP contribution is 2.74. The topological polar surface area (TPSA) is 26.3 Å². The second-order valence-corrected chi connectivity index (χ2v) is 14.7. The van der Waals surface area contributed by atoms with E-state index in [9.17, 15) is 4.79 Å². The maximum atomic E-state index is 11.8. The number of esters is 1. The zero-order chi connectivity index (χ0) is 25.1. The Hall–Kier alpha value is -0.790. The summed E-state index contributed by atoms with van der Waals surface area (Å²) in [6, 6.07) is 0. The number of ether oxygens (including phenoxy) is 1. The van der Waals surface area contributed by atoms with Gasteiger partial charge in [0.25, 0.3) is 0 Å². The summed E-state index contributed by atoms with van der Waals surface area (Å²) < 4.78 is 5.89. The van der Waals surface area contributed by atoms with Gasteiger partial charge in [0.1, 0.15) is 6.10 Å². The molecule has 0 bridgehead atoms. The summed E-state index contributed by atoms with van der Waals surface area (Å²) in [7, 11) is 0. The van der Waals surface area contributed by atoms with Gasteiger partial charge in [0.2, 0.25) is 0 Å². The van der Waals surface area contributed by atoms with Crippen molar-refractivity contribution in [2.24, 2.45) is 51.2 Å². The van der Waals surface area contributed by atoms with Crippen molar-refractivity contribution in [3.8, 4) is 0 Å². The van der Waals surface area contributed by atoms with Crippen LogP contribution in [-0.4, -0.2) is 12.1 Å². The Kier molecular flexibility index (Phi) is 6.92. The number of fused-ring (bicyclic) bond motifs is 5. The van der Waals surface area contributed by atoms with Crippen LogP contribution in [0.4, 0.5) is 0 Å². The molecule has 0 aromatic heterocycles. The number of hydrogen-bond acceptors (Lipinski definition) is 2. The molecule has 4 aliphatic carbocycles. The summed E-state index contributed by atoms with van der Waals surface area (Å²) in [5.41, 5.74) is 2.90. The number of allylic oxidation sites excluding steroid dienone is 2. The van der Waals surface area contributed by atoms with Crippen LogP contribution in [0, 0.1) is 51.2 Å². The first kappa shape index (κ1) is 26.3. The minimum absolute atomic E-state index is 0.0724. The van der Waals surface area contributed by atoms with Crippen LogP contribution >= 0.6 is 0 Å². The van der Waals surface area contributed by atoms with Gasteiger partial charge >= 0.3 is 5.97 Å². The third-order valence-electron chi connectivity index (χ3n) is 12.6. The Bertz CT molecular complexity index is 806. The first-order valence-corrected chi connectivity index (χ1v) is 14.6. The van der Waals surface area contributed by atoms with Crippen LogP contribution in [0.1, 0.15) is 127 Å². The van der Waals surface area contributed by atoms with E-state index in [1.807, 2.05) is 0 Å². The predicted octanol–water partition coefficient (Wildman–Crippen LogP) is 8.99. The Labute approximate surface area is 211 Å². The molecule has 0 aliphatic heterocycles. The highest BCUT2D eigenvalue weighted by Gasteiger charge is 2.67. The van der Waals surface area contributed by atoms with E-state index < -0.39 is 0 Å². The molecule has 4 fully saturated rings. The molecule has 2 nitrogen and oxygen atoms in total. The zero-order valence-corrected chi connectivity index (χ0v) is 23.9. The summed E-state index contributed by atoms with van der Waals surface area (Å²) in [4.78, 5) is 11.8. The van der Waals surface area contributed by atoms with Gasteiger partial charge in [-0.1, -0.05) is 53.2 Å². The molecule has 0 aromatic rings. The van der Waals surface area contributed by atoms with Crippen LogP contribution in [0.15, 0.2) is 11.6 Å². The van der Waals surface area contributed by atoms with E-state index in [1.54, 1.807) is 6.92 Å². The lowest BCUT2D eigenvalue weighted by atomic mass is 9.38. The lowest BCUT2D eigenvalue weighted by Crippen LogP contribution is -2.62. The quantitative estimate of drug-likeness (QED) is 0.296. The molecule has 34 heavy (non-hydrogen) atoms. The SMILES string of the molecule is CC(=O)OC1CCC2(C)C3CCC4(C)C(C(C)CCC=C(C)C)CCC4(C)C3CCC2C1(C)C. The second kappa shape index (κ2) is 8.95. The van der Waals surface area contributed by atoms with Crippen LogP contribution < -0.4 is 0 Å². The molecule has 4 rings (SSSR count). The average Bonchev–Trinajstić information content (AvgIpc) is 3.01. The first-order chi connectivity index (χ1) is 15.8. The molecule has 2 heteroatoms. The van der Waals surface area contributed by atoms with Crippen molar-refractivity contribution < 1.29 is 9.53 Å². The van der Waals surface area contributed by atoms with Crippen LogP contribution in [0.2, 0.25) is 0 Å². The lowest BCUT2D eigenvalue weighted by molar-refractivity contribution is -0.209. The predicted molar refractivity (Wildman–Crippen MR) is 142 cm³/mol. The molecule has 9 atom stereocenters. The van der Waals surface area contributed by atoms with Gasteiger partial charge in [-0.25, -0.2) is 0 Å². The second-order valence-electron chi connectivity index (χ2n) is 14.7. The van der Waals surface area contributed by atoms with Crippen LogP contribution in [0.3, 0.4) is 0 Å². The Balaban J connectivity index is 1.56. The maximum Gasteiger partial charge on any atom is 0.302 e. The number of carbonyl (C=O) groups is 1. The Morgan fingerprint density at radius 2 is 1.56 bits per heavy atom. The van der Waals surface area contributed by atoms with Gasteiger partial charge in [0.15, 0.2) is 0 Å². The zero-order valence-electron chi connectivity index (χ0n) is 23.9. The monoisotopic (exact) mass is 470 g/mol. The molecule has 9 unspecified atom stereocenters. The van der Waals surface area contributed by atoms with Gasteiger partial charge in [-0.15, -0.1) is 0 Å². The largest absolute Gasteiger partial charge is 0.462 e. The van der Waals surface area contributed by atoms with Crippen molar-refractivity contribution in [2.45, 2.75) is 133 Å². The van der Waals surface area contributed by atoms with Gasteiger partial charge in [-0.2, -0.15) is 0 Å². The number of hydrogen-bond donors (Lipinski definition) is 0. The van der Waals surface area contributed by atoms with Crippen molar-refractivity contribution in [1.82, 2.24) is 0 Å². The van der Waals surface area contributed by atoms with E-state index in [4.69, 9.17) is 4.74 Å². The fourth-order valence-corrected chi connectivity index (χ4v) is 10.7. The van der Waals surface area contributed by atoms with E-state index in [0.717, 1.165) is 30.1 Å². The summed E-state index contributed by atoms with van der Waals surface area (Å²) in [5.74, 6) is 3.96. The third-order valence-corrected chi connectivity index (χ3v) is 12.6. The van der Waals surface area contributed by atoms with Crippen molar-refractivity contribution in [1.29, 1.82) is 0 Å². The van der Waals surface area contributed by atoms with E-state index in [2.05, 4.69) is 61.5 Å². The highest BCUT2D eigenvalue weighted by molar-refractivity contribution is 5.66. The van der Waals surface area contributed by atoms with Gasteiger partial charge in [0.05, 0.1) is 0 Å². The molecular formula is C32H54O2. The smallest absolute Gasteiger partial charge is 0.302 e. The van der Waals surface area contributed by atoms with Crippen molar-refractivity contribution in [2.75, 3.05) is 0 Å². The molecule has 0 aromatic carbocycles. The standard InChI is InChI=1S/C32H54O2/c1-21(2)11-10-12-22(3)24-15-19-32(9)26-13-14-27-29(5,6)28(34-23(4)33)17-18-30(27,7)25(26)16-20-31(24,32)8/h11,22,24-28H,10,12-20H2,1-9H3. The maximum absolute atomic E-state index is 11.8. The summed E-state index contributed by atoms with van der Waals surface area (Å²) in [5, 5.41) is 0.